The maximum atomic E-state index is 13.4. The monoisotopic (exact) mass is 535 g/mol. The van der Waals surface area contributed by atoms with Crippen LogP contribution >= 0.6 is 0 Å². The van der Waals surface area contributed by atoms with Crippen LogP contribution in [0.5, 0.6) is 0 Å². The first kappa shape index (κ1) is 28.2. The number of hydrogen-bond acceptors (Lipinski definition) is 6. The third kappa shape index (κ3) is 6.88. The van der Waals surface area contributed by atoms with Crippen molar-refractivity contribution in [2.75, 3.05) is 19.7 Å². The van der Waals surface area contributed by atoms with Gasteiger partial charge >= 0.3 is 12.3 Å². The number of benzene rings is 1. The molecule has 36 heavy (non-hydrogen) atoms. The molecular weight excluding hydrogens is 503 g/mol. The molecule has 0 spiro atoms. The lowest BCUT2D eigenvalue weighted by Crippen LogP contribution is -2.55. The first-order valence-electron chi connectivity index (χ1n) is 11.7. The van der Waals surface area contributed by atoms with Gasteiger partial charge in [-0.1, -0.05) is 6.07 Å². The largest absolute Gasteiger partial charge is 0.444 e. The SMILES string of the molecule is CC(C)(C)OC(=O)N[C@@H](CO)C(=O)N1CCC(N(C2CC2)S(=O)(=O)c2cccc(C(F)(F)F)c2)CC1. The Hall–Kier alpha value is -2.38. The predicted molar refractivity (Wildman–Crippen MR) is 123 cm³/mol. The van der Waals surface area contributed by atoms with Gasteiger partial charge in [-0.3, -0.25) is 4.79 Å². The van der Waals surface area contributed by atoms with Crippen LogP contribution in [0.1, 0.15) is 52.0 Å². The average molecular weight is 536 g/mol. The normalized spacial score (nSPS) is 18.7. The summed E-state index contributed by atoms with van der Waals surface area (Å²) in [5.41, 5.74) is -1.82. The first-order valence-corrected chi connectivity index (χ1v) is 13.2. The number of nitrogens with one attached hydrogen (secondary N) is 1. The number of likely N-dealkylation sites (tertiary alicyclic amines) is 1. The van der Waals surface area contributed by atoms with Gasteiger partial charge in [-0.05, 0) is 64.7 Å². The molecule has 2 N–H and O–H groups in total. The number of sulfonamides is 1. The van der Waals surface area contributed by atoms with Gasteiger partial charge < -0.3 is 20.1 Å². The zero-order valence-corrected chi connectivity index (χ0v) is 21.2. The van der Waals surface area contributed by atoms with E-state index in [1.165, 1.54) is 9.21 Å². The summed E-state index contributed by atoms with van der Waals surface area (Å²) in [6, 6.07) is 1.71. The second kappa shape index (κ2) is 10.5. The topological polar surface area (TPSA) is 116 Å². The van der Waals surface area contributed by atoms with Gasteiger partial charge in [-0.2, -0.15) is 17.5 Å². The number of nitrogens with zero attached hydrogens (tertiary/aromatic N) is 2. The van der Waals surface area contributed by atoms with E-state index in [1.54, 1.807) is 20.8 Å². The fraction of sp³-hybridized carbons (Fsp3) is 0.652. The highest BCUT2D eigenvalue weighted by molar-refractivity contribution is 7.89. The smallest absolute Gasteiger partial charge is 0.416 e. The van der Waals surface area contributed by atoms with Crippen molar-refractivity contribution >= 4 is 22.0 Å². The van der Waals surface area contributed by atoms with E-state index in [4.69, 9.17) is 4.74 Å². The van der Waals surface area contributed by atoms with Crippen molar-refractivity contribution in [2.45, 2.75) is 81.3 Å². The number of alkyl halides is 3. The van der Waals surface area contributed by atoms with Crippen LogP contribution in [-0.4, -0.2) is 78.2 Å². The van der Waals surface area contributed by atoms with E-state index in [-0.39, 0.29) is 32.0 Å². The molecule has 1 heterocycles. The molecule has 1 aliphatic heterocycles. The van der Waals surface area contributed by atoms with E-state index < -0.39 is 63.0 Å². The van der Waals surface area contributed by atoms with Gasteiger partial charge in [0.15, 0.2) is 0 Å². The fourth-order valence-corrected chi connectivity index (χ4v) is 6.15. The summed E-state index contributed by atoms with van der Waals surface area (Å²) in [5.74, 6) is -0.527. The molecule has 1 aromatic rings. The van der Waals surface area contributed by atoms with Crippen molar-refractivity contribution in [1.29, 1.82) is 0 Å². The molecule has 0 aromatic heterocycles. The first-order chi connectivity index (χ1) is 16.6. The highest BCUT2D eigenvalue weighted by Gasteiger charge is 2.44. The molecule has 0 unspecified atom stereocenters. The minimum absolute atomic E-state index is 0.164. The molecule has 0 bridgehead atoms. The van der Waals surface area contributed by atoms with Gasteiger partial charge in [0.2, 0.25) is 15.9 Å². The van der Waals surface area contributed by atoms with Gasteiger partial charge in [0.05, 0.1) is 17.1 Å². The zero-order valence-electron chi connectivity index (χ0n) is 20.4. The Morgan fingerprint density at radius 3 is 2.22 bits per heavy atom. The van der Waals surface area contributed by atoms with Crippen molar-refractivity contribution in [1.82, 2.24) is 14.5 Å². The zero-order chi connectivity index (χ0) is 26.9. The number of ether oxygens (including phenoxy) is 1. The average Bonchev–Trinajstić information content (AvgIpc) is 3.60. The summed E-state index contributed by atoms with van der Waals surface area (Å²) >= 11 is 0. The van der Waals surface area contributed by atoms with Crippen LogP contribution in [0.25, 0.3) is 0 Å². The molecule has 1 aromatic carbocycles. The van der Waals surface area contributed by atoms with Gasteiger partial charge in [0, 0.05) is 25.2 Å². The van der Waals surface area contributed by atoms with Crippen molar-refractivity contribution in [2.24, 2.45) is 0 Å². The van der Waals surface area contributed by atoms with E-state index in [9.17, 15) is 36.3 Å². The Kier molecular flexibility index (Phi) is 8.26. The van der Waals surface area contributed by atoms with Crippen LogP contribution in [0.2, 0.25) is 0 Å². The molecule has 9 nitrogen and oxygen atoms in total. The minimum atomic E-state index is -4.67. The highest BCUT2D eigenvalue weighted by Crippen LogP contribution is 2.38. The molecule has 13 heteroatoms. The molecule has 2 fully saturated rings. The minimum Gasteiger partial charge on any atom is -0.444 e. The Balaban J connectivity index is 1.69. The highest BCUT2D eigenvalue weighted by atomic mass is 32.2. The third-order valence-corrected chi connectivity index (χ3v) is 7.95. The standard InChI is InChI=1S/C23H32F3N3O6S/c1-22(2,3)35-21(32)27-19(14-30)20(31)28-11-9-17(10-12-28)29(16-7-8-16)36(33,34)18-6-4-5-15(13-18)23(24,25)26/h4-6,13,16-17,19,30H,7-12,14H2,1-3H3,(H,27,32)/t19-/m0/s1. The van der Waals surface area contributed by atoms with Crippen molar-refractivity contribution in [3.8, 4) is 0 Å². The van der Waals surface area contributed by atoms with Gasteiger partial charge in [-0.15, -0.1) is 0 Å². The number of rotatable bonds is 7. The number of carbonyl (C=O) groups excluding carboxylic acids is 2. The maximum Gasteiger partial charge on any atom is 0.416 e. The second-order valence-corrected chi connectivity index (χ2v) is 11.9. The lowest BCUT2D eigenvalue weighted by Gasteiger charge is -2.39. The van der Waals surface area contributed by atoms with E-state index in [0.717, 1.165) is 18.2 Å². The van der Waals surface area contributed by atoms with Crippen molar-refractivity contribution in [3.63, 3.8) is 0 Å². The molecule has 202 valence electrons. The quantitative estimate of drug-likeness (QED) is 0.555. The number of alkyl carbamates (subject to hydrolysis) is 1. The third-order valence-electron chi connectivity index (χ3n) is 5.95. The predicted octanol–water partition coefficient (Wildman–Crippen LogP) is 2.74. The molecular formula is C23H32F3N3O6S. The van der Waals surface area contributed by atoms with Crippen molar-refractivity contribution in [3.05, 3.63) is 29.8 Å². The van der Waals surface area contributed by atoms with Crippen LogP contribution in [0, 0.1) is 0 Å². The summed E-state index contributed by atoms with van der Waals surface area (Å²) in [5, 5.41) is 12.0. The number of carbonyl (C=O) groups is 2. The summed E-state index contributed by atoms with van der Waals surface area (Å²) < 4.78 is 72.7. The number of piperidine rings is 1. The number of hydrogen-bond donors (Lipinski definition) is 2. The van der Waals surface area contributed by atoms with Gasteiger partial charge in [0.1, 0.15) is 11.6 Å². The summed E-state index contributed by atoms with van der Waals surface area (Å²) in [6.07, 6.45) is -3.75. The molecule has 1 saturated heterocycles. The van der Waals surface area contributed by atoms with E-state index >= 15 is 0 Å². The van der Waals surface area contributed by atoms with Crippen LogP contribution in [0.3, 0.4) is 0 Å². The second-order valence-electron chi connectivity index (χ2n) is 10.0. The van der Waals surface area contributed by atoms with E-state index in [2.05, 4.69) is 5.32 Å². The molecule has 0 radical (unpaired) electrons. The van der Waals surface area contributed by atoms with Crippen LogP contribution in [-0.2, 0) is 25.7 Å². The summed E-state index contributed by atoms with van der Waals surface area (Å²) in [6.45, 7) is 4.66. The Morgan fingerprint density at radius 2 is 1.72 bits per heavy atom. The maximum absolute atomic E-state index is 13.4. The van der Waals surface area contributed by atoms with Crippen LogP contribution in [0.4, 0.5) is 18.0 Å². The van der Waals surface area contributed by atoms with E-state index in [1.807, 2.05) is 0 Å². The fourth-order valence-electron chi connectivity index (χ4n) is 4.17. The van der Waals surface area contributed by atoms with Crippen LogP contribution in [0.15, 0.2) is 29.2 Å². The number of halogens is 3. The van der Waals surface area contributed by atoms with Crippen molar-refractivity contribution < 1.29 is 41.0 Å². The van der Waals surface area contributed by atoms with Crippen LogP contribution < -0.4 is 5.32 Å². The van der Waals surface area contributed by atoms with Gasteiger partial charge in [-0.25, -0.2) is 13.2 Å². The Bertz CT molecular complexity index is 1060. The Morgan fingerprint density at radius 1 is 1.14 bits per heavy atom. The molecule has 2 amide bonds. The van der Waals surface area contributed by atoms with E-state index in [0.29, 0.717) is 18.9 Å². The van der Waals surface area contributed by atoms with Gasteiger partial charge in [0.25, 0.3) is 0 Å². The molecule has 1 atom stereocenters. The molecule has 1 saturated carbocycles. The summed E-state index contributed by atoms with van der Waals surface area (Å²) in [7, 11) is -4.20. The lowest BCUT2D eigenvalue weighted by molar-refractivity contribution is -0.138. The lowest BCUT2D eigenvalue weighted by atomic mass is 10.0. The Labute approximate surface area is 208 Å². The number of aliphatic hydroxyl groups excluding tert-OH is 1. The molecule has 1 aliphatic carbocycles. The molecule has 3 rings (SSSR count). The number of aliphatic hydroxyl groups is 1. The number of amides is 2. The summed E-state index contributed by atoms with van der Waals surface area (Å²) in [4.78, 5) is 25.9. The molecule has 2 aliphatic rings.